The highest BCUT2D eigenvalue weighted by molar-refractivity contribution is 8.93. The van der Waals surface area contributed by atoms with Crippen LogP contribution in [0.3, 0.4) is 0 Å². The second-order valence-corrected chi connectivity index (χ2v) is 13.0. The molecule has 0 aliphatic carbocycles. The van der Waals surface area contributed by atoms with Crippen molar-refractivity contribution < 1.29 is 9.47 Å². The summed E-state index contributed by atoms with van der Waals surface area (Å²) in [6, 6.07) is 4.63. The van der Waals surface area contributed by atoms with Crippen molar-refractivity contribution in [1.29, 1.82) is 0 Å². The Morgan fingerprint density at radius 1 is 0.625 bits per heavy atom. The van der Waals surface area contributed by atoms with Crippen LogP contribution in [0.25, 0.3) is 0 Å². The first-order valence-electron chi connectivity index (χ1n) is 16.8. The van der Waals surface area contributed by atoms with Crippen LogP contribution in [0.5, 0.6) is 0 Å². The highest BCUT2D eigenvalue weighted by Crippen LogP contribution is 2.20. The summed E-state index contributed by atoms with van der Waals surface area (Å²) in [7, 11) is 0.946. The van der Waals surface area contributed by atoms with Gasteiger partial charge in [-0.2, -0.15) is 0 Å². The molecule has 40 heavy (non-hydrogen) atoms. The lowest BCUT2D eigenvalue weighted by atomic mass is 10.1. The lowest BCUT2D eigenvalue weighted by Crippen LogP contribution is -2.19. The van der Waals surface area contributed by atoms with Crippen molar-refractivity contribution in [3.05, 3.63) is 41.0 Å². The highest BCUT2D eigenvalue weighted by atomic mass is 79.9. The molecule has 0 radical (unpaired) electrons. The Hall–Kier alpha value is -0.210. The molecule has 0 bridgehead atoms. The molecule has 0 fully saturated rings. The minimum Gasteiger partial charge on any atom is -0.353 e. The van der Waals surface area contributed by atoms with Gasteiger partial charge in [-0.25, -0.2) is 0 Å². The Morgan fingerprint density at radius 2 is 1.15 bits per heavy atom. The van der Waals surface area contributed by atoms with Crippen molar-refractivity contribution in [3.63, 3.8) is 0 Å². The van der Waals surface area contributed by atoms with Gasteiger partial charge in [-0.1, -0.05) is 117 Å². The van der Waals surface area contributed by atoms with Crippen molar-refractivity contribution in [2.75, 3.05) is 19.4 Å². The molecule has 0 aliphatic rings. The van der Waals surface area contributed by atoms with Crippen LogP contribution in [-0.4, -0.2) is 25.7 Å². The number of hydrogen-bond acceptors (Lipinski definition) is 2. The van der Waals surface area contributed by atoms with E-state index < -0.39 is 0 Å². The number of unbranched alkanes of at least 4 members (excludes halogenated alkanes) is 14. The summed E-state index contributed by atoms with van der Waals surface area (Å²) < 4.78 is 12.4. The lowest BCUT2D eigenvalue weighted by molar-refractivity contribution is -0.148. The summed E-state index contributed by atoms with van der Waals surface area (Å²) in [6.07, 6.45) is 30.4. The molecule has 0 aromatic heterocycles. The van der Waals surface area contributed by atoms with Crippen molar-refractivity contribution in [1.82, 2.24) is 0 Å². The molecule has 1 unspecified atom stereocenters. The van der Waals surface area contributed by atoms with Crippen LogP contribution in [0, 0.1) is 20.8 Å². The molecule has 1 aromatic carbocycles. The van der Waals surface area contributed by atoms with E-state index in [1.807, 2.05) is 0 Å². The second kappa shape index (κ2) is 28.9. The molecule has 0 spiro atoms. The first kappa shape index (κ1) is 39.8. The topological polar surface area (TPSA) is 18.5 Å². The summed E-state index contributed by atoms with van der Waals surface area (Å²) in [5, 5.41) is 1.56. The number of benzene rings is 1. The normalized spacial score (nSPS) is 11.8. The number of aryl methyl sites for hydroxylation is 1. The fraction of sp³-hybridized carbons (Fsp3) is 0.778. The van der Waals surface area contributed by atoms with Gasteiger partial charge in [-0.3, -0.25) is 0 Å². The zero-order valence-corrected chi connectivity index (χ0v) is 29.9. The maximum Gasteiger partial charge on any atom is 0.157 e. The van der Waals surface area contributed by atoms with Gasteiger partial charge >= 0.3 is 0 Å². The molecular weight excluding hydrogens is 575 g/mol. The van der Waals surface area contributed by atoms with Crippen LogP contribution < -0.4 is 5.30 Å². The minimum absolute atomic E-state index is 0. The van der Waals surface area contributed by atoms with Gasteiger partial charge in [0.15, 0.2) is 6.29 Å². The third kappa shape index (κ3) is 21.5. The quantitative estimate of drug-likeness (QED) is 0.0412. The predicted molar refractivity (Wildman–Crippen MR) is 188 cm³/mol. The van der Waals surface area contributed by atoms with E-state index in [4.69, 9.17) is 9.47 Å². The van der Waals surface area contributed by atoms with Crippen molar-refractivity contribution in [2.24, 2.45) is 0 Å². The van der Waals surface area contributed by atoms with Gasteiger partial charge in [0.05, 0.1) is 0 Å². The average molecular weight is 642 g/mol. The second-order valence-electron chi connectivity index (χ2n) is 11.6. The molecule has 0 N–H and O–H groups in total. The summed E-state index contributed by atoms with van der Waals surface area (Å²) in [5.74, 6) is 0. The molecule has 2 nitrogen and oxygen atoms in total. The number of halogens is 1. The molecule has 0 saturated heterocycles. The molecule has 0 saturated carbocycles. The van der Waals surface area contributed by atoms with Crippen molar-refractivity contribution >= 4 is 30.9 Å². The standard InChI is InChI=1S/C36H65O2P.BrH/c1-6-8-10-12-19-23-29-37-36(38-30-24-20-13-11-9-7-2)26-22-18-16-14-15-17-21-25-31-39-35-28-27-32(3)33(4)34(35)5;/h15,17,27-28,36,39H,6-14,16,18-26,29-31H2,1-5H3;1H. The van der Waals surface area contributed by atoms with E-state index in [0.29, 0.717) is 0 Å². The van der Waals surface area contributed by atoms with E-state index in [1.54, 1.807) is 5.30 Å². The number of hydrogen-bond donors (Lipinski definition) is 0. The summed E-state index contributed by atoms with van der Waals surface area (Å²) in [5.41, 5.74) is 4.40. The van der Waals surface area contributed by atoms with Gasteiger partial charge in [0.25, 0.3) is 0 Å². The van der Waals surface area contributed by atoms with Crippen molar-refractivity contribution in [3.8, 4) is 0 Å². The Balaban J connectivity index is 0.0000152. The molecule has 1 atom stereocenters. The zero-order valence-electron chi connectivity index (χ0n) is 27.2. The lowest BCUT2D eigenvalue weighted by Gasteiger charge is -2.19. The van der Waals surface area contributed by atoms with Gasteiger partial charge in [-0.05, 0) is 100 Å². The molecular formula is C36H66BrO2P. The molecule has 0 amide bonds. The summed E-state index contributed by atoms with van der Waals surface area (Å²) >= 11 is 0. The largest absolute Gasteiger partial charge is 0.353 e. The SMILES string of the molecule is Br.CCCCCCCCOC(CCCCCC=CCCCPc1ccc(C)c(C)c1C)OCCCCCCCC. The highest BCUT2D eigenvalue weighted by Gasteiger charge is 2.09. The van der Waals surface area contributed by atoms with Gasteiger partial charge in [0.2, 0.25) is 0 Å². The van der Waals surface area contributed by atoms with E-state index >= 15 is 0 Å². The average Bonchev–Trinajstić information content (AvgIpc) is 2.94. The Kier molecular flexibility index (Phi) is 28.7. The summed E-state index contributed by atoms with van der Waals surface area (Å²) in [6.45, 7) is 13.0. The number of rotatable bonds is 27. The van der Waals surface area contributed by atoms with Crippen LogP contribution in [0.2, 0.25) is 0 Å². The molecule has 234 valence electrons. The summed E-state index contributed by atoms with van der Waals surface area (Å²) in [4.78, 5) is 0. The number of ether oxygens (including phenoxy) is 2. The fourth-order valence-electron chi connectivity index (χ4n) is 4.99. The van der Waals surface area contributed by atoms with E-state index in [2.05, 4.69) is 58.9 Å². The fourth-order valence-corrected chi connectivity index (χ4v) is 6.29. The maximum atomic E-state index is 6.19. The number of allylic oxidation sites excluding steroid dienone is 2. The third-order valence-corrected chi connectivity index (χ3v) is 9.53. The van der Waals surface area contributed by atoms with Crippen molar-refractivity contribution in [2.45, 2.75) is 163 Å². The van der Waals surface area contributed by atoms with E-state index in [-0.39, 0.29) is 23.3 Å². The molecule has 1 rings (SSSR count). The molecule has 0 aliphatic heterocycles. The zero-order chi connectivity index (χ0) is 28.4. The third-order valence-electron chi connectivity index (χ3n) is 8.00. The van der Waals surface area contributed by atoms with Crippen LogP contribution >= 0.6 is 25.6 Å². The molecule has 4 heteroatoms. The first-order chi connectivity index (χ1) is 19.1. The van der Waals surface area contributed by atoms with E-state index in [9.17, 15) is 0 Å². The Bertz CT molecular complexity index is 703. The van der Waals surface area contributed by atoms with Crippen LogP contribution in [0.15, 0.2) is 24.3 Å². The molecule has 0 heterocycles. The van der Waals surface area contributed by atoms with Crippen LogP contribution in [-0.2, 0) is 9.47 Å². The van der Waals surface area contributed by atoms with Gasteiger partial charge in [-0.15, -0.1) is 17.0 Å². The van der Waals surface area contributed by atoms with Gasteiger partial charge < -0.3 is 9.47 Å². The van der Waals surface area contributed by atoms with E-state index in [1.165, 1.54) is 138 Å². The van der Waals surface area contributed by atoms with E-state index in [0.717, 1.165) is 28.2 Å². The monoisotopic (exact) mass is 640 g/mol. The van der Waals surface area contributed by atoms with Crippen LogP contribution in [0.4, 0.5) is 0 Å². The van der Waals surface area contributed by atoms with Gasteiger partial charge in [0, 0.05) is 13.2 Å². The van der Waals surface area contributed by atoms with Gasteiger partial charge in [0.1, 0.15) is 0 Å². The smallest absolute Gasteiger partial charge is 0.157 e. The molecule has 1 aromatic rings. The first-order valence-corrected chi connectivity index (χ1v) is 18.0. The van der Waals surface area contributed by atoms with Crippen LogP contribution in [0.1, 0.15) is 153 Å². The maximum absolute atomic E-state index is 6.19. The Morgan fingerprint density at radius 3 is 1.75 bits per heavy atom. The minimum atomic E-state index is 0. The predicted octanol–water partition coefficient (Wildman–Crippen LogP) is 11.9. The Labute approximate surface area is 262 Å².